The number of benzene rings is 2. The van der Waals surface area contributed by atoms with Crippen LogP contribution < -0.4 is 15.4 Å². The van der Waals surface area contributed by atoms with Gasteiger partial charge in [0.05, 0.1) is 22.7 Å². The number of carbonyl (C=O) groups is 2. The highest BCUT2D eigenvalue weighted by Gasteiger charge is 2.09. The Hall–Kier alpha value is -2.93. The van der Waals surface area contributed by atoms with Crippen LogP contribution in [0.15, 0.2) is 42.5 Å². The zero-order valence-corrected chi connectivity index (χ0v) is 16.9. The molecule has 146 valence electrons. The van der Waals surface area contributed by atoms with Crippen LogP contribution in [-0.4, -0.2) is 22.9 Å². The number of anilines is 1. The summed E-state index contributed by atoms with van der Waals surface area (Å²) in [6.45, 7) is 5.89. The standard InChI is InChI=1S/C21H23N3O3S/c1-13(2)27-17-7-4-15(5-8-17)12-22-20(26)11-16-6-9-18-19(10-16)28-21(24-18)23-14(3)25/h4-10,13H,11-12H2,1-3H3,(H,22,26)(H,23,24,25). The van der Waals surface area contributed by atoms with Gasteiger partial charge in [-0.05, 0) is 49.2 Å². The average Bonchev–Trinajstić information content (AvgIpc) is 3.01. The normalized spacial score (nSPS) is 10.9. The molecule has 0 aliphatic carbocycles. The van der Waals surface area contributed by atoms with Crippen LogP contribution >= 0.6 is 11.3 Å². The Morgan fingerprint density at radius 3 is 2.50 bits per heavy atom. The summed E-state index contributed by atoms with van der Waals surface area (Å²) in [4.78, 5) is 27.8. The van der Waals surface area contributed by atoms with E-state index in [2.05, 4.69) is 15.6 Å². The smallest absolute Gasteiger partial charge is 0.224 e. The molecule has 2 N–H and O–H groups in total. The number of amides is 2. The Labute approximate surface area is 167 Å². The van der Waals surface area contributed by atoms with E-state index in [1.54, 1.807) is 0 Å². The molecule has 0 radical (unpaired) electrons. The van der Waals surface area contributed by atoms with Gasteiger partial charge in [-0.15, -0.1) is 0 Å². The summed E-state index contributed by atoms with van der Waals surface area (Å²) in [5, 5.41) is 6.19. The molecule has 3 aromatic rings. The van der Waals surface area contributed by atoms with Crippen molar-refractivity contribution in [3.63, 3.8) is 0 Å². The topological polar surface area (TPSA) is 80.3 Å². The van der Waals surface area contributed by atoms with Gasteiger partial charge in [0, 0.05) is 13.5 Å². The van der Waals surface area contributed by atoms with Gasteiger partial charge in [0.15, 0.2) is 5.13 Å². The molecule has 7 heteroatoms. The first kappa shape index (κ1) is 19.8. The van der Waals surface area contributed by atoms with Crippen molar-refractivity contribution in [3.05, 3.63) is 53.6 Å². The summed E-state index contributed by atoms with van der Waals surface area (Å²) in [6, 6.07) is 13.4. The molecule has 28 heavy (non-hydrogen) atoms. The van der Waals surface area contributed by atoms with Crippen LogP contribution in [0.3, 0.4) is 0 Å². The number of carbonyl (C=O) groups excluding carboxylic acids is 2. The SMILES string of the molecule is CC(=O)Nc1nc2ccc(CC(=O)NCc3ccc(OC(C)C)cc3)cc2s1. The quantitative estimate of drug-likeness (QED) is 0.634. The summed E-state index contributed by atoms with van der Waals surface area (Å²) in [7, 11) is 0. The van der Waals surface area contributed by atoms with Crippen LogP contribution in [0, 0.1) is 0 Å². The minimum Gasteiger partial charge on any atom is -0.491 e. The zero-order valence-electron chi connectivity index (χ0n) is 16.1. The highest BCUT2D eigenvalue weighted by molar-refractivity contribution is 7.22. The van der Waals surface area contributed by atoms with Crippen molar-refractivity contribution < 1.29 is 14.3 Å². The number of nitrogens with zero attached hydrogens (tertiary/aromatic N) is 1. The highest BCUT2D eigenvalue weighted by atomic mass is 32.1. The molecule has 6 nitrogen and oxygen atoms in total. The summed E-state index contributed by atoms with van der Waals surface area (Å²) in [5.74, 6) is 0.623. The lowest BCUT2D eigenvalue weighted by molar-refractivity contribution is -0.120. The van der Waals surface area contributed by atoms with E-state index in [4.69, 9.17) is 4.74 Å². The first-order valence-corrected chi connectivity index (χ1v) is 9.90. The van der Waals surface area contributed by atoms with Crippen molar-refractivity contribution in [1.29, 1.82) is 0 Å². The van der Waals surface area contributed by atoms with E-state index >= 15 is 0 Å². The third kappa shape index (κ3) is 5.53. The van der Waals surface area contributed by atoms with E-state index in [0.717, 1.165) is 27.1 Å². The number of thiazole rings is 1. The van der Waals surface area contributed by atoms with E-state index in [9.17, 15) is 9.59 Å². The second kappa shape index (κ2) is 8.84. The summed E-state index contributed by atoms with van der Waals surface area (Å²) >= 11 is 1.40. The summed E-state index contributed by atoms with van der Waals surface area (Å²) in [6.07, 6.45) is 0.424. The van der Waals surface area contributed by atoms with Crippen molar-refractivity contribution in [1.82, 2.24) is 10.3 Å². The minimum absolute atomic E-state index is 0.0477. The molecular weight excluding hydrogens is 374 g/mol. The molecule has 0 fully saturated rings. The molecule has 3 rings (SSSR count). The molecule has 2 aromatic carbocycles. The molecule has 0 aliphatic rings. The van der Waals surface area contributed by atoms with Crippen LogP contribution in [0.2, 0.25) is 0 Å². The third-order valence-electron chi connectivity index (χ3n) is 3.89. The molecular formula is C21H23N3O3S. The maximum absolute atomic E-state index is 12.3. The number of hydrogen-bond donors (Lipinski definition) is 2. The van der Waals surface area contributed by atoms with Gasteiger partial charge in [-0.25, -0.2) is 4.98 Å². The number of fused-ring (bicyclic) bond motifs is 1. The number of ether oxygens (including phenoxy) is 1. The number of rotatable bonds is 7. The van der Waals surface area contributed by atoms with E-state index in [1.807, 2.05) is 56.3 Å². The summed E-state index contributed by atoms with van der Waals surface area (Å²) in [5.41, 5.74) is 2.73. The Bertz CT molecular complexity index is 980. The Balaban J connectivity index is 1.56. The van der Waals surface area contributed by atoms with Gasteiger partial charge in [0.1, 0.15) is 5.75 Å². The van der Waals surface area contributed by atoms with E-state index in [0.29, 0.717) is 11.7 Å². The van der Waals surface area contributed by atoms with Crippen LogP contribution in [0.5, 0.6) is 5.75 Å². The second-order valence-electron chi connectivity index (χ2n) is 6.77. The molecule has 2 amide bonds. The Kier molecular flexibility index (Phi) is 6.26. The molecule has 0 atom stereocenters. The second-order valence-corrected chi connectivity index (χ2v) is 7.80. The van der Waals surface area contributed by atoms with Gasteiger partial charge in [0.25, 0.3) is 0 Å². The maximum atomic E-state index is 12.3. The van der Waals surface area contributed by atoms with Crippen molar-refractivity contribution in [2.45, 2.75) is 39.8 Å². The number of aromatic nitrogens is 1. The lowest BCUT2D eigenvalue weighted by Crippen LogP contribution is -2.24. The molecule has 1 aromatic heterocycles. The van der Waals surface area contributed by atoms with Crippen molar-refractivity contribution in [2.75, 3.05) is 5.32 Å². The lowest BCUT2D eigenvalue weighted by Gasteiger charge is -2.10. The van der Waals surface area contributed by atoms with Crippen molar-refractivity contribution >= 4 is 38.5 Å². The molecule has 0 spiro atoms. The van der Waals surface area contributed by atoms with Crippen LogP contribution in [-0.2, 0) is 22.6 Å². The summed E-state index contributed by atoms with van der Waals surface area (Å²) < 4.78 is 6.56. The largest absolute Gasteiger partial charge is 0.491 e. The fourth-order valence-electron chi connectivity index (χ4n) is 2.69. The van der Waals surface area contributed by atoms with Crippen LogP contribution in [0.1, 0.15) is 31.9 Å². The van der Waals surface area contributed by atoms with E-state index in [1.165, 1.54) is 18.3 Å². The first-order valence-electron chi connectivity index (χ1n) is 9.08. The number of hydrogen-bond acceptors (Lipinski definition) is 5. The molecule has 0 saturated heterocycles. The van der Waals surface area contributed by atoms with Crippen molar-refractivity contribution in [3.8, 4) is 5.75 Å². The van der Waals surface area contributed by atoms with E-state index < -0.39 is 0 Å². The Morgan fingerprint density at radius 2 is 1.82 bits per heavy atom. The molecule has 1 heterocycles. The first-order chi connectivity index (χ1) is 13.4. The minimum atomic E-state index is -0.151. The lowest BCUT2D eigenvalue weighted by atomic mass is 10.1. The van der Waals surface area contributed by atoms with Crippen LogP contribution in [0.4, 0.5) is 5.13 Å². The highest BCUT2D eigenvalue weighted by Crippen LogP contribution is 2.27. The Morgan fingerprint density at radius 1 is 1.11 bits per heavy atom. The fourth-order valence-corrected chi connectivity index (χ4v) is 3.67. The van der Waals surface area contributed by atoms with Crippen LogP contribution in [0.25, 0.3) is 10.2 Å². The van der Waals surface area contributed by atoms with Gasteiger partial charge in [-0.3, -0.25) is 9.59 Å². The maximum Gasteiger partial charge on any atom is 0.224 e. The van der Waals surface area contributed by atoms with Gasteiger partial charge >= 0.3 is 0 Å². The van der Waals surface area contributed by atoms with Gasteiger partial charge in [-0.2, -0.15) is 0 Å². The van der Waals surface area contributed by atoms with Gasteiger partial charge in [-0.1, -0.05) is 29.5 Å². The monoisotopic (exact) mass is 397 g/mol. The fraction of sp³-hybridized carbons (Fsp3) is 0.286. The van der Waals surface area contributed by atoms with Gasteiger partial charge < -0.3 is 15.4 Å². The third-order valence-corrected chi connectivity index (χ3v) is 4.82. The van der Waals surface area contributed by atoms with Crippen molar-refractivity contribution in [2.24, 2.45) is 0 Å². The van der Waals surface area contributed by atoms with Gasteiger partial charge in [0.2, 0.25) is 11.8 Å². The predicted molar refractivity (Wildman–Crippen MR) is 112 cm³/mol. The molecule has 0 saturated carbocycles. The molecule has 0 aliphatic heterocycles. The zero-order chi connectivity index (χ0) is 20.1. The average molecular weight is 398 g/mol. The molecule has 0 bridgehead atoms. The number of nitrogens with one attached hydrogen (secondary N) is 2. The molecule has 0 unspecified atom stereocenters. The predicted octanol–water partition coefficient (Wildman–Crippen LogP) is 3.90. The van der Waals surface area contributed by atoms with E-state index in [-0.39, 0.29) is 24.3 Å².